The van der Waals surface area contributed by atoms with E-state index < -0.39 is 9.84 Å². The molecule has 0 atom stereocenters. The highest BCUT2D eigenvalue weighted by atomic mass is 32.2. The van der Waals surface area contributed by atoms with Crippen molar-refractivity contribution in [3.63, 3.8) is 0 Å². The van der Waals surface area contributed by atoms with Gasteiger partial charge in [0.25, 0.3) is 0 Å². The summed E-state index contributed by atoms with van der Waals surface area (Å²) >= 11 is 0. The summed E-state index contributed by atoms with van der Waals surface area (Å²) < 4.78 is 23.5. The lowest BCUT2D eigenvalue weighted by Gasteiger charge is -2.38. The lowest BCUT2D eigenvalue weighted by atomic mass is 9.68. The first kappa shape index (κ1) is 23.4. The van der Waals surface area contributed by atoms with Crippen molar-refractivity contribution in [2.75, 3.05) is 30.0 Å². The number of terminal acetylenes is 1. The molecular weight excluding hydrogens is 456 g/mol. The van der Waals surface area contributed by atoms with Crippen LogP contribution in [-0.2, 0) is 21.7 Å². The molecule has 2 aromatic carbocycles. The van der Waals surface area contributed by atoms with Crippen LogP contribution in [0, 0.1) is 29.6 Å². The molecule has 1 heterocycles. The standard InChI is InChI=1S/C29H28N2O3S/c1-5-20-13-23-24(15-26(20)31-10-8-18(9-11-31)17-35(4,33)34)29(2,3)25-14-21-12-19(16-30)6-7-22(21)27(25)28(23)32/h1,6-7,12-13,15,18H,8-11,14,17H2,2-4H3. The van der Waals surface area contributed by atoms with Gasteiger partial charge in [-0.3, -0.25) is 4.79 Å². The molecule has 0 aromatic heterocycles. The topological polar surface area (TPSA) is 78.2 Å². The molecule has 2 aromatic rings. The minimum atomic E-state index is -3.00. The molecule has 0 spiro atoms. The maximum absolute atomic E-state index is 13.8. The second-order valence-electron chi connectivity index (χ2n) is 10.6. The highest BCUT2D eigenvalue weighted by Crippen LogP contribution is 2.51. The number of hydrogen-bond donors (Lipinski definition) is 0. The molecule has 6 heteroatoms. The van der Waals surface area contributed by atoms with Crippen LogP contribution in [-0.4, -0.2) is 39.3 Å². The smallest absolute Gasteiger partial charge is 0.193 e. The Hall–Kier alpha value is -3.35. The van der Waals surface area contributed by atoms with Crippen molar-refractivity contribution in [3.05, 3.63) is 69.3 Å². The number of piperidine rings is 1. The summed E-state index contributed by atoms with van der Waals surface area (Å²) in [7, 11) is -3.00. The van der Waals surface area contributed by atoms with E-state index in [9.17, 15) is 18.5 Å². The molecule has 0 saturated carbocycles. The number of ketones is 1. The van der Waals surface area contributed by atoms with Gasteiger partial charge in [0.2, 0.25) is 0 Å². The van der Waals surface area contributed by atoms with Crippen LogP contribution in [0.4, 0.5) is 5.69 Å². The Bertz CT molecular complexity index is 1490. The van der Waals surface area contributed by atoms with Gasteiger partial charge in [0.15, 0.2) is 5.78 Å². The Morgan fingerprint density at radius 3 is 2.49 bits per heavy atom. The number of carbonyl (C=O) groups is 1. The molecule has 0 unspecified atom stereocenters. The molecule has 5 nitrogen and oxygen atoms in total. The molecule has 2 aliphatic carbocycles. The Labute approximate surface area is 207 Å². The molecule has 35 heavy (non-hydrogen) atoms. The largest absolute Gasteiger partial charge is 0.370 e. The van der Waals surface area contributed by atoms with Crippen molar-refractivity contribution in [1.82, 2.24) is 0 Å². The van der Waals surface area contributed by atoms with Crippen LogP contribution < -0.4 is 4.90 Å². The zero-order valence-corrected chi connectivity index (χ0v) is 21.1. The van der Waals surface area contributed by atoms with Gasteiger partial charge in [0.1, 0.15) is 9.84 Å². The quantitative estimate of drug-likeness (QED) is 0.608. The Kier molecular flexibility index (Phi) is 5.42. The molecule has 178 valence electrons. The number of benzene rings is 2. The van der Waals surface area contributed by atoms with Crippen molar-refractivity contribution in [2.45, 2.75) is 38.5 Å². The molecule has 5 rings (SSSR count). The van der Waals surface area contributed by atoms with Gasteiger partial charge in [0.05, 0.1) is 23.1 Å². The summed E-state index contributed by atoms with van der Waals surface area (Å²) in [6, 6.07) is 11.7. The first-order valence-corrected chi connectivity index (χ1v) is 14.0. The van der Waals surface area contributed by atoms with E-state index in [4.69, 9.17) is 6.42 Å². The van der Waals surface area contributed by atoms with Gasteiger partial charge in [-0.05, 0) is 71.7 Å². The average molecular weight is 485 g/mol. The highest BCUT2D eigenvalue weighted by molar-refractivity contribution is 7.90. The number of rotatable bonds is 3. The molecule has 0 radical (unpaired) electrons. The van der Waals surface area contributed by atoms with E-state index in [1.165, 1.54) is 6.26 Å². The van der Waals surface area contributed by atoms with Crippen LogP contribution in [0.2, 0.25) is 0 Å². The van der Waals surface area contributed by atoms with Crippen molar-refractivity contribution in [3.8, 4) is 18.4 Å². The van der Waals surface area contributed by atoms with Crippen LogP contribution in [0.3, 0.4) is 0 Å². The number of nitrogens with zero attached hydrogens (tertiary/aromatic N) is 2. The molecule has 0 bridgehead atoms. The van der Waals surface area contributed by atoms with Crippen molar-refractivity contribution >= 4 is 26.9 Å². The zero-order chi connectivity index (χ0) is 25.1. The molecule has 1 aliphatic heterocycles. The van der Waals surface area contributed by atoms with Gasteiger partial charge in [-0.1, -0.05) is 25.8 Å². The Morgan fingerprint density at radius 2 is 1.86 bits per heavy atom. The predicted octanol–water partition coefficient (Wildman–Crippen LogP) is 4.28. The van der Waals surface area contributed by atoms with Gasteiger partial charge < -0.3 is 4.90 Å². The molecule has 0 N–H and O–H groups in total. The van der Waals surface area contributed by atoms with Gasteiger partial charge in [-0.15, -0.1) is 6.42 Å². The average Bonchev–Trinajstić information content (AvgIpc) is 3.21. The number of sulfone groups is 1. The zero-order valence-electron chi connectivity index (χ0n) is 20.3. The molecule has 3 aliphatic rings. The van der Waals surface area contributed by atoms with E-state index >= 15 is 0 Å². The van der Waals surface area contributed by atoms with Crippen molar-refractivity contribution in [1.29, 1.82) is 5.26 Å². The first-order valence-electron chi connectivity index (χ1n) is 11.9. The number of carbonyl (C=O) groups excluding carboxylic acids is 1. The SMILES string of the molecule is C#Cc1cc2c(cc1N1CCC(CS(C)(=O)=O)CC1)C(C)(C)C1=C(C2=O)c2ccc(C#N)cc2C1. The summed E-state index contributed by atoms with van der Waals surface area (Å²) in [5.41, 5.74) is 7.26. The normalized spacial score (nSPS) is 19.0. The highest BCUT2D eigenvalue weighted by Gasteiger charge is 2.43. The van der Waals surface area contributed by atoms with E-state index in [1.54, 1.807) is 6.07 Å². The number of anilines is 1. The number of nitriles is 1. The van der Waals surface area contributed by atoms with E-state index in [2.05, 4.69) is 36.8 Å². The van der Waals surface area contributed by atoms with Gasteiger partial charge in [-0.2, -0.15) is 5.26 Å². The maximum atomic E-state index is 13.8. The van der Waals surface area contributed by atoms with E-state index in [0.29, 0.717) is 23.1 Å². The molecule has 1 saturated heterocycles. The third kappa shape index (κ3) is 3.87. The monoisotopic (exact) mass is 484 g/mol. The van der Waals surface area contributed by atoms with Gasteiger partial charge in [-0.25, -0.2) is 8.42 Å². The summed E-state index contributed by atoms with van der Waals surface area (Å²) in [4.78, 5) is 16.0. The lowest BCUT2D eigenvalue weighted by Crippen LogP contribution is -2.37. The van der Waals surface area contributed by atoms with E-state index in [1.807, 2.05) is 18.2 Å². The lowest BCUT2D eigenvalue weighted by molar-refractivity contribution is 0.105. The summed E-state index contributed by atoms with van der Waals surface area (Å²) in [6.45, 7) is 5.78. The molecular formula is C29H28N2O3S. The van der Waals surface area contributed by atoms with Crippen molar-refractivity contribution < 1.29 is 13.2 Å². The molecule has 0 amide bonds. The minimum Gasteiger partial charge on any atom is -0.370 e. The van der Waals surface area contributed by atoms with E-state index in [0.717, 1.165) is 59.5 Å². The second kappa shape index (κ2) is 8.11. The van der Waals surface area contributed by atoms with Crippen LogP contribution in [0.1, 0.15) is 64.9 Å². The van der Waals surface area contributed by atoms with Crippen LogP contribution in [0.15, 0.2) is 35.9 Å². The Morgan fingerprint density at radius 1 is 1.14 bits per heavy atom. The van der Waals surface area contributed by atoms with Crippen molar-refractivity contribution in [2.24, 2.45) is 5.92 Å². The third-order valence-electron chi connectivity index (χ3n) is 7.86. The summed E-state index contributed by atoms with van der Waals surface area (Å²) in [5, 5.41) is 9.32. The van der Waals surface area contributed by atoms with Gasteiger partial charge >= 0.3 is 0 Å². The van der Waals surface area contributed by atoms with Crippen LogP contribution in [0.25, 0.3) is 5.57 Å². The van der Waals surface area contributed by atoms with Crippen LogP contribution >= 0.6 is 0 Å². The fraction of sp³-hybridized carbons (Fsp3) is 0.379. The molecule has 1 fully saturated rings. The first-order chi connectivity index (χ1) is 16.5. The second-order valence-corrected chi connectivity index (χ2v) is 12.7. The minimum absolute atomic E-state index is 0.00677. The Balaban J connectivity index is 1.53. The predicted molar refractivity (Wildman–Crippen MR) is 138 cm³/mol. The van der Waals surface area contributed by atoms with Gasteiger partial charge in [0, 0.05) is 41.5 Å². The number of hydrogen-bond acceptors (Lipinski definition) is 5. The third-order valence-corrected chi connectivity index (χ3v) is 8.93. The van der Waals surface area contributed by atoms with E-state index in [-0.39, 0.29) is 22.9 Å². The van der Waals surface area contributed by atoms with Crippen LogP contribution in [0.5, 0.6) is 0 Å². The summed E-state index contributed by atoms with van der Waals surface area (Å²) in [6.07, 6.45) is 9.46. The fourth-order valence-corrected chi connectivity index (χ4v) is 7.21. The maximum Gasteiger partial charge on any atom is 0.193 e. The number of allylic oxidation sites excluding steroid dienone is 2. The number of fused-ring (bicyclic) bond motifs is 3. The fourth-order valence-electron chi connectivity index (χ4n) is 6.02. The summed E-state index contributed by atoms with van der Waals surface area (Å²) in [5.74, 6) is 3.17. The number of Topliss-reactive ketones (excluding diaryl/α,β-unsaturated/α-hetero) is 1.